The third-order valence-corrected chi connectivity index (χ3v) is 5.11. The number of thiophene rings is 1. The summed E-state index contributed by atoms with van der Waals surface area (Å²) in [4.78, 5) is 36.9. The third kappa shape index (κ3) is 7.27. The van der Waals surface area contributed by atoms with Crippen LogP contribution < -0.4 is 15.4 Å². The number of hydrogen-bond acceptors (Lipinski definition) is 6. The quantitative estimate of drug-likeness (QED) is 0.475. The van der Waals surface area contributed by atoms with Gasteiger partial charge in [-0.3, -0.25) is 14.4 Å². The molecule has 0 radical (unpaired) electrons. The fourth-order valence-electron chi connectivity index (χ4n) is 2.71. The van der Waals surface area contributed by atoms with Crippen molar-refractivity contribution < 1.29 is 23.9 Å². The van der Waals surface area contributed by atoms with Gasteiger partial charge in [0.2, 0.25) is 0 Å². The number of rotatable bonds is 10. The molecule has 0 aliphatic heterocycles. The molecule has 0 spiro atoms. The second-order valence-corrected chi connectivity index (χ2v) is 7.45. The number of carbonyl (C=O) groups is 3. The molecule has 1 atom stereocenters. The van der Waals surface area contributed by atoms with Gasteiger partial charge in [-0.15, -0.1) is 11.3 Å². The van der Waals surface area contributed by atoms with Gasteiger partial charge in [0.05, 0.1) is 6.04 Å². The maximum Gasteiger partial charge on any atom is 0.325 e. The SMILES string of the molecule is O=C(COc1ccccc1)NCC(=O)OCC(=O)NC(c1ccccc1)c1cccs1. The summed E-state index contributed by atoms with van der Waals surface area (Å²) < 4.78 is 10.3. The lowest BCUT2D eigenvalue weighted by Crippen LogP contribution is -2.36. The maximum absolute atomic E-state index is 12.3. The largest absolute Gasteiger partial charge is 0.484 e. The Kier molecular flexibility index (Phi) is 8.19. The molecule has 0 fully saturated rings. The van der Waals surface area contributed by atoms with Gasteiger partial charge in [0.25, 0.3) is 11.8 Å². The van der Waals surface area contributed by atoms with Crippen molar-refractivity contribution in [3.63, 3.8) is 0 Å². The molecule has 2 aromatic carbocycles. The van der Waals surface area contributed by atoms with Gasteiger partial charge in [-0.2, -0.15) is 0 Å². The van der Waals surface area contributed by atoms with E-state index in [0.717, 1.165) is 10.4 Å². The summed E-state index contributed by atoms with van der Waals surface area (Å²) in [7, 11) is 0. The average molecular weight is 439 g/mol. The minimum atomic E-state index is -0.712. The van der Waals surface area contributed by atoms with E-state index >= 15 is 0 Å². The first-order valence-electron chi connectivity index (χ1n) is 9.59. The smallest absolute Gasteiger partial charge is 0.325 e. The topological polar surface area (TPSA) is 93.7 Å². The van der Waals surface area contributed by atoms with E-state index < -0.39 is 24.4 Å². The van der Waals surface area contributed by atoms with E-state index in [-0.39, 0.29) is 19.2 Å². The molecule has 160 valence electrons. The molecule has 8 heteroatoms. The first-order valence-corrected chi connectivity index (χ1v) is 10.5. The van der Waals surface area contributed by atoms with Gasteiger partial charge >= 0.3 is 5.97 Å². The standard InChI is InChI=1S/C23H22N2O5S/c26-20(15-29-18-10-5-2-6-11-18)24-14-22(28)30-16-21(27)25-23(19-12-7-13-31-19)17-8-3-1-4-9-17/h1-13,23H,14-16H2,(H,24,26)(H,25,27). The molecule has 1 unspecified atom stereocenters. The van der Waals surface area contributed by atoms with Crippen molar-refractivity contribution in [1.29, 1.82) is 0 Å². The maximum atomic E-state index is 12.3. The normalized spacial score (nSPS) is 11.2. The Bertz CT molecular complexity index is 978. The number of hydrogen-bond donors (Lipinski definition) is 2. The van der Waals surface area contributed by atoms with Crippen molar-refractivity contribution in [2.45, 2.75) is 6.04 Å². The molecule has 2 amide bonds. The summed E-state index contributed by atoms with van der Waals surface area (Å²) in [5.74, 6) is -1.06. The Hall–Kier alpha value is -3.65. The van der Waals surface area contributed by atoms with Crippen LogP contribution >= 0.6 is 11.3 Å². The predicted molar refractivity (Wildman–Crippen MR) is 117 cm³/mol. The molecular formula is C23H22N2O5S. The second kappa shape index (κ2) is 11.5. The van der Waals surface area contributed by atoms with Crippen molar-refractivity contribution in [2.75, 3.05) is 19.8 Å². The van der Waals surface area contributed by atoms with Crippen LogP contribution in [-0.2, 0) is 19.1 Å². The van der Waals surface area contributed by atoms with E-state index in [1.54, 1.807) is 24.3 Å². The molecule has 0 bridgehead atoms. The second-order valence-electron chi connectivity index (χ2n) is 6.47. The Balaban J connectivity index is 1.41. The Labute approximate surface area is 184 Å². The number of para-hydroxylation sites is 1. The van der Waals surface area contributed by atoms with E-state index in [9.17, 15) is 14.4 Å². The number of carbonyl (C=O) groups excluding carboxylic acids is 3. The van der Waals surface area contributed by atoms with Crippen LogP contribution in [0.1, 0.15) is 16.5 Å². The zero-order chi connectivity index (χ0) is 21.9. The first-order chi connectivity index (χ1) is 15.1. The highest BCUT2D eigenvalue weighted by atomic mass is 32.1. The summed E-state index contributed by atoms with van der Waals surface area (Å²) >= 11 is 1.52. The monoisotopic (exact) mass is 438 g/mol. The number of benzene rings is 2. The van der Waals surface area contributed by atoms with Gasteiger partial charge in [-0.25, -0.2) is 0 Å². The van der Waals surface area contributed by atoms with Crippen molar-refractivity contribution >= 4 is 29.1 Å². The van der Waals surface area contributed by atoms with Crippen LogP contribution in [0.15, 0.2) is 78.2 Å². The zero-order valence-corrected chi connectivity index (χ0v) is 17.5. The third-order valence-electron chi connectivity index (χ3n) is 4.17. The van der Waals surface area contributed by atoms with Gasteiger partial charge in [0.1, 0.15) is 12.3 Å². The van der Waals surface area contributed by atoms with E-state index in [0.29, 0.717) is 5.75 Å². The van der Waals surface area contributed by atoms with E-state index in [2.05, 4.69) is 10.6 Å². The molecule has 0 saturated heterocycles. The average Bonchev–Trinajstić information content (AvgIpc) is 3.34. The Morgan fingerprint density at radius 1 is 0.839 bits per heavy atom. The lowest BCUT2D eigenvalue weighted by atomic mass is 10.1. The highest BCUT2D eigenvalue weighted by Gasteiger charge is 2.18. The summed E-state index contributed by atoms with van der Waals surface area (Å²) in [6.45, 7) is -1.02. The number of nitrogens with one attached hydrogen (secondary N) is 2. The highest BCUT2D eigenvalue weighted by molar-refractivity contribution is 7.10. The minimum absolute atomic E-state index is 0.225. The minimum Gasteiger partial charge on any atom is -0.484 e. The summed E-state index contributed by atoms with van der Waals surface area (Å²) in [5.41, 5.74) is 0.926. The van der Waals surface area contributed by atoms with Gasteiger partial charge in [-0.1, -0.05) is 54.6 Å². The van der Waals surface area contributed by atoms with Crippen molar-refractivity contribution in [1.82, 2.24) is 10.6 Å². The fraction of sp³-hybridized carbons (Fsp3) is 0.174. The lowest BCUT2D eigenvalue weighted by molar-refractivity contribution is -0.148. The van der Waals surface area contributed by atoms with E-state index in [4.69, 9.17) is 9.47 Å². The van der Waals surface area contributed by atoms with E-state index in [1.807, 2.05) is 53.9 Å². The Morgan fingerprint density at radius 2 is 1.55 bits per heavy atom. The van der Waals surface area contributed by atoms with Gasteiger partial charge in [-0.05, 0) is 29.1 Å². The number of esters is 1. The Morgan fingerprint density at radius 3 is 2.23 bits per heavy atom. The molecule has 1 heterocycles. The zero-order valence-electron chi connectivity index (χ0n) is 16.7. The van der Waals surface area contributed by atoms with Crippen LogP contribution in [-0.4, -0.2) is 37.5 Å². The van der Waals surface area contributed by atoms with Gasteiger partial charge in [0, 0.05) is 4.88 Å². The van der Waals surface area contributed by atoms with Crippen LogP contribution in [0.4, 0.5) is 0 Å². The molecule has 3 rings (SSSR count). The highest BCUT2D eigenvalue weighted by Crippen LogP contribution is 2.25. The molecular weight excluding hydrogens is 416 g/mol. The first kappa shape index (κ1) is 22.0. The summed E-state index contributed by atoms with van der Waals surface area (Å²) in [6, 6.07) is 21.9. The lowest BCUT2D eigenvalue weighted by Gasteiger charge is -2.18. The van der Waals surface area contributed by atoms with Crippen molar-refractivity contribution in [3.8, 4) is 5.75 Å². The molecule has 0 aliphatic rings. The van der Waals surface area contributed by atoms with Crippen molar-refractivity contribution in [2.24, 2.45) is 0 Å². The molecule has 7 nitrogen and oxygen atoms in total. The fourth-order valence-corrected chi connectivity index (χ4v) is 3.51. The molecule has 0 aliphatic carbocycles. The van der Waals surface area contributed by atoms with Crippen LogP contribution in [0, 0.1) is 0 Å². The van der Waals surface area contributed by atoms with Crippen LogP contribution in [0.2, 0.25) is 0 Å². The number of ether oxygens (including phenoxy) is 2. The molecule has 31 heavy (non-hydrogen) atoms. The van der Waals surface area contributed by atoms with Crippen LogP contribution in [0.25, 0.3) is 0 Å². The number of amides is 2. The molecule has 1 aromatic heterocycles. The van der Waals surface area contributed by atoms with E-state index in [1.165, 1.54) is 11.3 Å². The van der Waals surface area contributed by atoms with Crippen molar-refractivity contribution in [3.05, 3.63) is 88.6 Å². The van der Waals surface area contributed by atoms with Crippen LogP contribution in [0.5, 0.6) is 5.75 Å². The van der Waals surface area contributed by atoms with Crippen LogP contribution in [0.3, 0.4) is 0 Å². The molecule has 2 N–H and O–H groups in total. The summed E-state index contributed by atoms with van der Waals surface area (Å²) in [5, 5.41) is 7.21. The molecule has 3 aromatic rings. The predicted octanol–water partition coefficient (Wildman–Crippen LogP) is 2.69. The molecule has 0 saturated carbocycles. The van der Waals surface area contributed by atoms with Gasteiger partial charge < -0.3 is 20.1 Å². The summed E-state index contributed by atoms with van der Waals surface area (Å²) in [6.07, 6.45) is 0. The van der Waals surface area contributed by atoms with Gasteiger partial charge in [0.15, 0.2) is 13.2 Å².